The van der Waals surface area contributed by atoms with Crippen molar-refractivity contribution in [3.05, 3.63) is 70.9 Å². The molecule has 0 aliphatic carbocycles. The second-order valence-corrected chi connectivity index (χ2v) is 12.4. The van der Waals surface area contributed by atoms with Gasteiger partial charge in [-0.2, -0.15) is 0 Å². The molecule has 1 saturated heterocycles. The van der Waals surface area contributed by atoms with Crippen LogP contribution < -0.4 is 15.4 Å². The van der Waals surface area contributed by atoms with E-state index in [4.69, 9.17) is 4.74 Å². The minimum Gasteiger partial charge on any atom is -0.496 e. The fourth-order valence-corrected chi connectivity index (χ4v) is 5.78. The van der Waals surface area contributed by atoms with Gasteiger partial charge in [-0.3, -0.25) is 9.59 Å². The van der Waals surface area contributed by atoms with Crippen LogP contribution in [-0.2, 0) is 27.3 Å². The Bertz CT molecular complexity index is 1320. The van der Waals surface area contributed by atoms with E-state index in [1.165, 1.54) is 16.0 Å². The molecule has 1 fully saturated rings. The van der Waals surface area contributed by atoms with Gasteiger partial charge >= 0.3 is 0 Å². The highest BCUT2D eigenvalue weighted by Crippen LogP contribution is 2.27. The lowest BCUT2D eigenvalue weighted by atomic mass is 9.85. The van der Waals surface area contributed by atoms with Crippen LogP contribution in [0.15, 0.2) is 54.0 Å². The number of aromatic nitrogens is 1. The van der Waals surface area contributed by atoms with Crippen molar-refractivity contribution in [2.75, 3.05) is 20.7 Å². The van der Waals surface area contributed by atoms with Gasteiger partial charge in [-0.15, -0.1) is 11.3 Å². The molecule has 0 saturated carbocycles. The predicted molar refractivity (Wildman–Crippen MR) is 169 cm³/mol. The first-order chi connectivity index (χ1) is 20.1. The second-order valence-electron chi connectivity index (χ2n) is 11.5. The predicted octanol–water partition coefficient (Wildman–Crippen LogP) is 5.19. The summed E-state index contributed by atoms with van der Waals surface area (Å²) in [4.78, 5) is 43.9. The number of nitrogens with zero attached hydrogens (tertiary/aromatic N) is 2. The first kappa shape index (κ1) is 32.9. The molecule has 8 nitrogen and oxygen atoms in total. The maximum atomic E-state index is 13.0. The fourth-order valence-electron chi connectivity index (χ4n) is 4.97. The summed E-state index contributed by atoms with van der Waals surface area (Å²) in [6.45, 7) is 9.29. The average Bonchev–Trinajstić information content (AvgIpc) is 3.64. The van der Waals surface area contributed by atoms with Crippen molar-refractivity contribution in [2.24, 2.45) is 5.41 Å². The molecule has 3 aromatic rings. The third-order valence-electron chi connectivity index (χ3n) is 7.31. The SMILES string of the molecule is CNCc1ccc(-c2scnc2C)cc1.COc1ccccc1CCC(=O)NC(C(=O)N1CCCC1C=O)C(C)(C)C. The third-order valence-corrected chi connectivity index (χ3v) is 8.29. The molecule has 0 spiro atoms. The molecule has 226 valence electrons. The van der Waals surface area contributed by atoms with Crippen LogP contribution in [0, 0.1) is 12.3 Å². The number of aryl methyl sites for hydroxylation is 2. The van der Waals surface area contributed by atoms with Gasteiger partial charge in [0.15, 0.2) is 0 Å². The third kappa shape index (κ3) is 8.97. The highest BCUT2D eigenvalue weighted by Gasteiger charge is 2.39. The van der Waals surface area contributed by atoms with Crippen LogP contribution in [0.1, 0.15) is 56.9 Å². The van der Waals surface area contributed by atoms with Crippen molar-refractivity contribution >= 4 is 29.4 Å². The molecule has 2 aromatic carbocycles. The summed E-state index contributed by atoms with van der Waals surface area (Å²) < 4.78 is 5.32. The van der Waals surface area contributed by atoms with Gasteiger partial charge in [0.1, 0.15) is 18.1 Å². The van der Waals surface area contributed by atoms with E-state index in [0.29, 0.717) is 19.4 Å². The van der Waals surface area contributed by atoms with Crippen LogP contribution >= 0.6 is 11.3 Å². The molecule has 2 atom stereocenters. The topological polar surface area (TPSA) is 101 Å². The minimum atomic E-state index is -0.664. The molecule has 2 unspecified atom stereocenters. The maximum Gasteiger partial charge on any atom is 0.246 e. The zero-order valence-electron chi connectivity index (χ0n) is 25.6. The Morgan fingerprint density at radius 3 is 2.48 bits per heavy atom. The van der Waals surface area contributed by atoms with Gasteiger partial charge in [0.25, 0.3) is 0 Å². The number of likely N-dealkylation sites (tertiary alicyclic amines) is 1. The Kier molecular flexibility index (Phi) is 12.2. The van der Waals surface area contributed by atoms with E-state index < -0.39 is 11.5 Å². The van der Waals surface area contributed by atoms with Crippen molar-refractivity contribution in [2.45, 2.75) is 72.0 Å². The standard InChI is InChI=1S/C21H30N2O4.C12H14N2S/c1-21(2,3)19(20(26)23-13-7-9-16(23)14-24)22-18(25)12-11-15-8-5-6-10-17(15)27-4;1-9-12(15-8-14-9)11-5-3-10(4-6-11)7-13-2/h5-6,8,10,14,16,19H,7,9,11-13H2,1-4H3,(H,22,25);3-6,8,13H,7H2,1-2H3. The highest BCUT2D eigenvalue weighted by molar-refractivity contribution is 7.13. The van der Waals surface area contributed by atoms with E-state index >= 15 is 0 Å². The number of nitrogens with one attached hydrogen (secondary N) is 2. The van der Waals surface area contributed by atoms with Crippen LogP contribution in [0.25, 0.3) is 10.4 Å². The van der Waals surface area contributed by atoms with E-state index in [2.05, 4.69) is 39.9 Å². The van der Waals surface area contributed by atoms with Gasteiger partial charge in [-0.1, -0.05) is 63.2 Å². The van der Waals surface area contributed by atoms with Crippen molar-refractivity contribution in [3.63, 3.8) is 0 Å². The minimum absolute atomic E-state index is 0.178. The molecule has 4 rings (SSSR count). The fraction of sp³-hybridized carbons (Fsp3) is 0.455. The van der Waals surface area contributed by atoms with Crippen LogP contribution in [0.4, 0.5) is 0 Å². The summed E-state index contributed by atoms with van der Waals surface area (Å²) in [6, 6.07) is 15.2. The van der Waals surface area contributed by atoms with Crippen LogP contribution in [0.5, 0.6) is 5.75 Å². The summed E-state index contributed by atoms with van der Waals surface area (Å²) in [5, 5.41) is 6.04. The summed E-state index contributed by atoms with van der Waals surface area (Å²) in [5.74, 6) is 0.387. The Morgan fingerprint density at radius 2 is 1.88 bits per heavy atom. The molecule has 1 aliphatic heterocycles. The van der Waals surface area contributed by atoms with Gasteiger partial charge in [0.2, 0.25) is 11.8 Å². The Morgan fingerprint density at radius 1 is 1.17 bits per heavy atom. The molecule has 2 heterocycles. The van der Waals surface area contributed by atoms with Crippen molar-refractivity contribution in [1.82, 2.24) is 20.5 Å². The maximum absolute atomic E-state index is 13.0. The number of hydrogen-bond donors (Lipinski definition) is 2. The number of methoxy groups -OCH3 is 1. The number of benzene rings is 2. The first-order valence-electron chi connectivity index (χ1n) is 14.4. The summed E-state index contributed by atoms with van der Waals surface area (Å²) in [5.41, 5.74) is 6.08. The molecule has 0 radical (unpaired) electrons. The van der Waals surface area contributed by atoms with Crippen LogP contribution in [0.2, 0.25) is 0 Å². The lowest BCUT2D eigenvalue weighted by molar-refractivity contribution is -0.141. The molecular formula is C33H44N4O4S. The molecular weight excluding hydrogens is 548 g/mol. The second kappa shape index (κ2) is 15.6. The van der Waals surface area contributed by atoms with Crippen LogP contribution in [0.3, 0.4) is 0 Å². The largest absolute Gasteiger partial charge is 0.496 e. The quantitative estimate of drug-likeness (QED) is 0.315. The Hall–Kier alpha value is -3.56. The summed E-state index contributed by atoms with van der Waals surface area (Å²) in [6.07, 6.45) is 3.12. The number of aldehydes is 1. The molecule has 0 bridgehead atoms. The zero-order valence-corrected chi connectivity index (χ0v) is 26.4. The molecule has 42 heavy (non-hydrogen) atoms. The molecule has 2 N–H and O–H groups in total. The van der Waals surface area contributed by atoms with Gasteiger partial charge in [-0.05, 0) is 61.4 Å². The monoisotopic (exact) mass is 592 g/mol. The number of rotatable bonds is 10. The molecule has 2 amide bonds. The first-order valence-corrected chi connectivity index (χ1v) is 15.3. The van der Waals surface area contributed by atoms with E-state index in [9.17, 15) is 14.4 Å². The summed E-state index contributed by atoms with van der Waals surface area (Å²) >= 11 is 1.70. The lowest BCUT2D eigenvalue weighted by Gasteiger charge is -2.34. The smallest absolute Gasteiger partial charge is 0.246 e. The van der Waals surface area contributed by atoms with E-state index in [-0.39, 0.29) is 24.3 Å². The lowest BCUT2D eigenvalue weighted by Crippen LogP contribution is -2.55. The zero-order chi connectivity index (χ0) is 30.7. The number of para-hydroxylation sites is 1. The van der Waals surface area contributed by atoms with Gasteiger partial charge in [0, 0.05) is 19.5 Å². The average molecular weight is 593 g/mol. The number of carbonyl (C=O) groups excluding carboxylic acids is 3. The number of ether oxygens (including phenoxy) is 1. The van der Waals surface area contributed by atoms with E-state index in [1.807, 2.05) is 64.5 Å². The van der Waals surface area contributed by atoms with Gasteiger partial charge in [-0.25, -0.2) is 4.98 Å². The van der Waals surface area contributed by atoms with E-state index in [0.717, 1.165) is 36.3 Å². The number of amides is 2. The highest BCUT2D eigenvalue weighted by atomic mass is 32.1. The Balaban J connectivity index is 0.000000271. The van der Waals surface area contributed by atoms with Crippen molar-refractivity contribution < 1.29 is 19.1 Å². The number of carbonyl (C=O) groups is 3. The van der Waals surface area contributed by atoms with Crippen molar-refractivity contribution in [1.29, 1.82) is 0 Å². The number of thiazole rings is 1. The van der Waals surface area contributed by atoms with E-state index in [1.54, 1.807) is 23.3 Å². The van der Waals surface area contributed by atoms with Crippen molar-refractivity contribution in [3.8, 4) is 16.2 Å². The van der Waals surface area contributed by atoms with Crippen LogP contribution in [-0.4, -0.2) is 60.8 Å². The molecule has 9 heteroatoms. The number of hydrogen-bond acceptors (Lipinski definition) is 7. The molecule has 1 aromatic heterocycles. The molecule has 1 aliphatic rings. The van der Waals surface area contributed by atoms with Gasteiger partial charge in [0.05, 0.1) is 29.2 Å². The Labute approximate surface area is 253 Å². The summed E-state index contributed by atoms with van der Waals surface area (Å²) in [7, 11) is 3.56. The van der Waals surface area contributed by atoms with Gasteiger partial charge < -0.3 is 25.1 Å². The normalized spacial score (nSPS) is 15.4.